The molecule has 4 rings (SSSR count). The van der Waals surface area contributed by atoms with E-state index in [0.717, 1.165) is 35.9 Å². The lowest BCUT2D eigenvalue weighted by molar-refractivity contribution is 0.147. The molecule has 0 aromatic rings. The van der Waals surface area contributed by atoms with Crippen molar-refractivity contribution in [3.8, 4) is 0 Å². The molecule has 4 fully saturated rings. The zero-order valence-corrected chi connectivity index (χ0v) is 6.70. The van der Waals surface area contributed by atoms with Gasteiger partial charge in [0.25, 0.3) is 0 Å². The van der Waals surface area contributed by atoms with Crippen molar-refractivity contribution in [2.45, 2.75) is 37.9 Å². The van der Waals surface area contributed by atoms with Crippen molar-refractivity contribution >= 4 is 0 Å². The molecule has 0 aromatic carbocycles. The summed E-state index contributed by atoms with van der Waals surface area (Å²) in [4.78, 5) is 0. The SMILES string of the molecule is C1CC2CC1C1CC3OC3C21. The van der Waals surface area contributed by atoms with Gasteiger partial charge in [0.05, 0.1) is 12.2 Å². The van der Waals surface area contributed by atoms with Gasteiger partial charge >= 0.3 is 0 Å². The molecule has 60 valence electrons. The van der Waals surface area contributed by atoms with E-state index in [4.69, 9.17) is 4.74 Å². The van der Waals surface area contributed by atoms with E-state index < -0.39 is 0 Å². The van der Waals surface area contributed by atoms with Crippen LogP contribution < -0.4 is 0 Å². The molecule has 1 saturated heterocycles. The second kappa shape index (κ2) is 1.52. The van der Waals surface area contributed by atoms with Crippen molar-refractivity contribution < 1.29 is 4.74 Å². The average Bonchev–Trinajstić information content (AvgIpc) is 2.53. The first-order valence-electron chi connectivity index (χ1n) is 5.09. The third-order valence-corrected chi connectivity index (χ3v) is 4.66. The van der Waals surface area contributed by atoms with Crippen LogP contribution in [0.1, 0.15) is 25.7 Å². The molecule has 0 N–H and O–H groups in total. The zero-order valence-electron chi connectivity index (χ0n) is 6.70. The molecule has 0 spiro atoms. The lowest BCUT2D eigenvalue weighted by Crippen LogP contribution is -2.22. The van der Waals surface area contributed by atoms with Gasteiger partial charge in [-0.2, -0.15) is 0 Å². The molecule has 11 heavy (non-hydrogen) atoms. The maximum Gasteiger partial charge on any atom is 0.0875 e. The molecule has 2 bridgehead atoms. The van der Waals surface area contributed by atoms with Gasteiger partial charge < -0.3 is 4.74 Å². The van der Waals surface area contributed by atoms with E-state index in [-0.39, 0.29) is 0 Å². The minimum Gasteiger partial charge on any atom is -0.369 e. The van der Waals surface area contributed by atoms with Gasteiger partial charge in [0.15, 0.2) is 0 Å². The molecule has 4 aliphatic rings. The van der Waals surface area contributed by atoms with Gasteiger partial charge in [0.1, 0.15) is 0 Å². The van der Waals surface area contributed by atoms with Crippen molar-refractivity contribution in [3.63, 3.8) is 0 Å². The fourth-order valence-electron chi connectivity index (χ4n) is 4.27. The first-order valence-corrected chi connectivity index (χ1v) is 5.09. The van der Waals surface area contributed by atoms with E-state index in [9.17, 15) is 0 Å². The number of hydrogen-bond acceptors (Lipinski definition) is 1. The summed E-state index contributed by atoms with van der Waals surface area (Å²) in [6.07, 6.45) is 7.53. The summed E-state index contributed by atoms with van der Waals surface area (Å²) in [7, 11) is 0. The Balaban J connectivity index is 1.76. The van der Waals surface area contributed by atoms with Gasteiger partial charge in [-0.3, -0.25) is 0 Å². The van der Waals surface area contributed by atoms with Gasteiger partial charge in [0.2, 0.25) is 0 Å². The fraction of sp³-hybridized carbons (Fsp3) is 1.00. The molecule has 1 heteroatoms. The normalized spacial score (nSPS) is 69.8. The minimum atomic E-state index is 0.730. The van der Waals surface area contributed by atoms with Crippen molar-refractivity contribution in [1.29, 1.82) is 0 Å². The second-order valence-corrected chi connectivity index (χ2v) is 4.95. The molecular formula is C10H14O. The van der Waals surface area contributed by atoms with E-state index in [1.54, 1.807) is 12.8 Å². The van der Waals surface area contributed by atoms with Crippen LogP contribution in [0.15, 0.2) is 0 Å². The Bertz CT molecular complexity index is 213. The molecule has 6 atom stereocenters. The number of ether oxygens (including phenoxy) is 1. The smallest absolute Gasteiger partial charge is 0.0875 e. The maximum atomic E-state index is 5.62. The quantitative estimate of drug-likeness (QED) is 0.480. The van der Waals surface area contributed by atoms with Crippen LogP contribution in [0.2, 0.25) is 0 Å². The summed E-state index contributed by atoms with van der Waals surface area (Å²) in [5, 5.41) is 0. The highest BCUT2D eigenvalue weighted by Gasteiger charge is 2.64. The highest BCUT2D eigenvalue weighted by molar-refractivity contribution is 5.12. The fourth-order valence-corrected chi connectivity index (χ4v) is 4.27. The summed E-state index contributed by atoms with van der Waals surface area (Å²) < 4.78 is 5.62. The Kier molecular flexibility index (Phi) is 0.769. The molecule has 3 saturated carbocycles. The summed E-state index contributed by atoms with van der Waals surface area (Å²) in [5.41, 5.74) is 0. The summed E-state index contributed by atoms with van der Waals surface area (Å²) in [6.45, 7) is 0. The number of rotatable bonds is 0. The van der Waals surface area contributed by atoms with Crippen LogP contribution in [-0.4, -0.2) is 12.2 Å². The molecule has 0 radical (unpaired) electrons. The molecule has 1 nitrogen and oxygen atoms in total. The number of epoxide rings is 1. The molecule has 1 aliphatic heterocycles. The van der Waals surface area contributed by atoms with Crippen LogP contribution in [0.5, 0.6) is 0 Å². The molecule has 3 aliphatic carbocycles. The predicted molar refractivity (Wildman–Crippen MR) is 41.1 cm³/mol. The Morgan fingerprint density at radius 1 is 1.00 bits per heavy atom. The third kappa shape index (κ3) is 0.516. The van der Waals surface area contributed by atoms with Crippen LogP contribution in [0, 0.1) is 23.7 Å². The molecule has 1 heterocycles. The predicted octanol–water partition coefficient (Wildman–Crippen LogP) is 1.82. The molecule has 0 amide bonds. The van der Waals surface area contributed by atoms with Crippen molar-refractivity contribution in [1.82, 2.24) is 0 Å². The Morgan fingerprint density at radius 3 is 2.82 bits per heavy atom. The summed E-state index contributed by atoms with van der Waals surface area (Å²) in [6, 6.07) is 0. The van der Waals surface area contributed by atoms with E-state index in [1.165, 1.54) is 12.8 Å². The van der Waals surface area contributed by atoms with Gasteiger partial charge in [0, 0.05) is 0 Å². The highest BCUT2D eigenvalue weighted by Crippen LogP contribution is 2.64. The van der Waals surface area contributed by atoms with E-state index in [2.05, 4.69) is 0 Å². The largest absolute Gasteiger partial charge is 0.369 e. The zero-order chi connectivity index (χ0) is 7.00. The number of fused-ring (bicyclic) bond motifs is 7. The second-order valence-electron chi connectivity index (χ2n) is 4.95. The maximum absolute atomic E-state index is 5.62. The third-order valence-electron chi connectivity index (χ3n) is 4.66. The number of hydrogen-bond donors (Lipinski definition) is 0. The first-order chi connectivity index (χ1) is 5.43. The van der Waals surface area contributed by atoms with Crippen LogP contribution >= 0.6 is 0 Å². The monoisotopic (exact) mass is 150 g/mol. The topological polar surface area (TPSA) is 12.5 Å². The Hall–Kier alpha value is -0.0400. The Labute approximate surface area is 67.1 Å². The van der Waals surface area contributed by atoms with Gasteiger partial charge in [-0.1, -0.05) is 0 Å². The van der Waals surface area contributed by atoms with Crippen LogP contribution in [0.3, 0.4) is 0 Å². The van der Waals surface area contributed by atoms with E-state index >= 15 is 0 Å². The van der Waals surface area contributed by atoms with Crippen molar-refractivity contribution in [3.05, 3.63) is 0 Å². The van der Waals surface area contributed by atoms with Crippen molar-refractivity contribution in [2.24, 2.45) is 23.7 Å². The summed E-state index contributed by atoms with van der Waals surface area (Å²) >= 11 is 0. The van der Waals surface area contributed by atoms with Crippen LogP contribution in [0.4, 0.5) is 0 Å². The van der Waals surface area contributed by atoms with Gasteiger partial charge in [-0.15, -0.1) is 0 Å². The molecule has 6 unspecified atom stereocenters. The standard InChI is InChI=1S/C10H14O/c1-2-6-3-5(1)7-4-8-10(11-8)9(6)7/h5-10H,1-4H2. The van der Waals surface area contributed by atoms with Crippen molar-refractivity contribution in [2.75, 3.05) is 0 Å². The van der Waals surface area contributed by atoms with E-state index in [1.807, 2.05) is 0 Å². The van der Waals surface area contributed by atoms with Gasteiger partial charge in [-0.25, -0.2) is 0 Å². The summed E-state index contributed by atoms with van der Waals surface area (Å²) in [5.74, 6) is 4.35. The molecular weight excluding hydrogens is 136 g/mol. The van der Waals surface area contributed by atoms with Gasteiger partial charge in [-0.05, 0) is 49.4 Å². The lowest BCUT2D eigenvalue weighted by Gasteiger charge is -2.25. The first kappa shape index (κ1) is 5.58. The van der Waals surface area contributed by atoms with Crippen LogP contribution in [-0.2, 0) is 4.74 Å². The minimum absolute atomic E-state index is 0.730. The highest BCUT2D eigenvalue weighted by atomic mass is 16.6. The van der Waals surface area contributed by atoms with E-state index in [0.29, 0.717) is 0 Å². The lowest BCUT2D eigenvalue weighted by atomic mass is 9.81. The molecule has 0 aromatic heterocycles. The van der Waals surface area contributed by atoms with Crippen LogP contribution in [0.25, 0.3) is 0 Å². The Morgan fingerprint density at radius 2 is 1.91 bits per heavy atom. The average molecular weight is 150 g/mol.